The Bertz CT molecular complexity index is 1280. The van der Waals surface area contributed by atoms with Crippen molar-refractivity contribution < 1.29 is 9.59 Å². The van der Waals surface area contributed by atoms with E-state index in [0.717, 1.165) is 33.2 Å². The monoisotopic (exact) mass is 462 g/mol. The van der Waals surface area contributed by atoms with E-state index in [2.05, 4.69) is 20.8 Å². The standard InChI is InChI=1S/C24H22N4O2S2/c1-15-10-11-16(2)20(12-15)25-22(30)14-31-24-28-27-23(32-24)26-21(29)13-18-8-5-7-17-6-3-4-9-19(17)18/h3-12H,13-14H2,1-2H3,(H,25,30)(H,26,27,29). The van der Waals surface area contributed by atoms with Gasteiger partial charge < -0.3 is 10.6 Å². The van der Waals surface area contributed by atoms with Crippen molar-refractivity contribution in [3.63, 3.8) is 0 Å². The molecule has 0 aliphatic rings. The molecule has 0 saturated heterocycles. The second-order valence-electron chi connectivity index (χ2n) is 7.39. The van der Waals surface area contributed by atoms with Crippen LogP contribution in [0.2, 0.25) is 0 Å². The van der Waals surface area contributed by atoms with Gasteiger partial charge in [-0.25, -0.2) is 0 Å². The summed E-state index contributed by atoms with van der Waals surface area (Å²) in [5.74, 6) is -0.0476. The second-order valence-corrected chi connectivity index (χ2v) is 9.59. The van der Waals surface area contributed by atoms with Gasteiger partial charge in [0.1, 0.15) is 0 Å². The number of nitrogens with zero attached hydrogens (tertiary/aromatic N) is 2. The Kier molecular flexibility index (Phi) is 6.82. The average molecular weight is 463 g/mol. The molecule has 0 aliphatic carbocycles. The molecule has 2 N–H and O–H groups in total. The minimum Gasteiger partial charge on any atom is -0.325 e. The van der Waals surface area contributed by atoms with Crippen molar-refractivity contribution in [2.24, 2.45) is 0 Å². The van der Waals surface area contributed by atoms with Crippen LogP contribution in [-0.4, -0.2) is 27.8 Å². The van der Waals surface area contributed by atoms with Crippen LogP contribution in [0.5, 0.6) is 0 Å². The number of hydrogen-bond donors (Lipinski definition) is 2. The second kappa shape index (κ2) is 9.93. The molecule has 32 heavy (non-hydrogen) atoms. The summed E-state index contributed by atoms with van der Waals surface area (Å²) >= 11 is 2.55. The van der Waals surface area contributed by atoms with E-state index in [9.17, 15) is 9.59 Å². The first kappa shape index (κ1) is 22.0. The Morgan fingerprint density at radius 1 is 0.938 bits per heavy atom. The van der Waals surface area contributed by atoms with E-state index >= 15 is 0 Å². The highest BCUT2D eigenvalue weighted by Gasteiger charge is 2.13. The summed E-state index contributed by atoms with van der Waals surface area (Å²) in [4.78, 5) is 24.8. The maximum absolute atomic E-state index is 12.5. The van der Waals surface area contributed by atoms with Crippen molar-refractivity contribution in [3.8, 4) is 0 Å². The van der Waals surface area contributed by atoms with Gasteiger partial charge in [-0.05, 0) is 47.4 Å². The molecule has 4 aromatic rings. The first-order valence-electron chi connectivity index (χ1n) is 10.1. The number of carbonyl (C=O) groups is 2. The molecule has 0 aliphatic heterocycles. The molecule has 1 heterocycles. The highest BCUT2D eigenvalue weighted by atomic mass is 32.2. The highest BCUT2D eigenvalue weighted by Crippen LogP contribution is 2.26. The molecule has 1 aromatic heterocycles. The fraction of sp³-hybridized carbons (Fsp3) is 0.167. The number of aromatic nitrogens is 2. The number of nitrogens with one attached hydrogen (secondary N) is 2. The average Bonchev–Trinajstić information content (AvgIpc) is 3.22. The summed E-state index contributed by atoms with van der Waals surface area (Å²) < 4.78 is 0.626. The van der Waals surface area contributed by atoms with Crippen molar-refractivity contribution >= 4 is 56.5 Å². The van der Waals surface area contributed by atoms with Gasteiger partial charge in [-0.1, -0.05) is 77.7 Å². The summed E-state index contributed by atoms with van der Waals surface area (Å²) in [7, 11) is 0. The number of hydrogen-bond acceptors (Lipinski definition) is 6. The molecule has 0 saturated carbocycles. The molecule has 0 bridgehead atoms. The van der Waals surface area contributed by atoms with E-state index in [1.807, 2.05) is 74.5 Å². The van der Waals surface area contributed by atoms with Crippen molar-refractivity contribution in [2.75, 3.05) is 16.4 Å². The predicted molar refractivity (Wildman–Crippen MR) is 131 cm³/mol. The molecular weight excluding hydrogens is 440 g/mol. The van der Waals surface area contributed by atoms with Crippen LogP contribution in [0.1, 0.15) is 16.7 Å². The molecule has 0 atom stereocenters. The third kappa shape index (κ3) is 5.52. The van der Waals surface area contributed by atoms with E-state index in [-0.39, 0.29) is 24.0 Å². The summed E-state index contributed by atoms with van der Waals surface area (Å²) in [5, 5.41) is 16.4. The zero-order chi connectivity index (χ0) is 22.5. The number of aryl methyl sites for hydroxylation is 2. The van der Waals surface area contributed by atoms with Crippen LogP contribution in [0, 0.1) is 13.8 Å². The number of thioether (sulfide) groups is 1. The minimum absolute atomic E-state index is 0.111. The molecule has 2 amide bonds. The van der Waals surface area contributed by atoms with Crippen LogP contribution in [0.25, 0.3) is 10.8 Å². The number of carbonyl (C=O) groups excluding carboxylic acids is 2. The molecular formula is C24H22N4O2S2. The van der Waals surface area contributed by atoms with Gasteiger partial charge in [0.05, 0.1) is 12.2 Å². The van der Waals surface area contributed by atoms with Gasteiger partial charge in [0, 0.05) is 5.69 Å². The third-order valence-corrected chi connectivity index (χ3v) is 6.85. The quantitative estimate of drug-likeness (QED) is 0.291. The summed E-state index contributed by atoms with van der Waals surface area (Å²) in [6, 6.07) is 19.9. The third-order valence-electron chi connectivity index (χ3n) is 4.88. The van der Waals surface area contributed by atoms with Crippen molar-refractivity contribution in [1.29, 1.82) is 0 Å². The van der Waals surface area contributed by atoms with Crippen LogP contribution in [0.3, 0.4) is 0 Å². The maximum atomic E-state index is 12.5. The lowest BCUT2D eigenvalue weighted by molar-refractivity contribution is -0.115. The number of benzene rings is 3. The number of amides is 2. The van der Waals surface area contributed by atoms with Crippen LogP contribution in [-0.2, 0) is 16.0 Å². The Balaban J connectivity index is 1.31. The summed E-state index contributed by atoms with van der Waals surface area (Å²) in [6.07, 6.45) is 0.252. The van der Waals surface area contributed by atoms with E-state index < -0.39 is 0 Å². The van der Waals surface area contributed by atoms with Gasteiger partial charge in [-0.2, -0.15) is 0 Å². The summed E-state index contributed by atoms with van der Waals surface area (Å²) in [6.45, 7) is 3.95. The first-order valence-corrected chi connectivity index (χ1v) is 11.9. The number of anilines is 2. The van der Waals surface area contributed by atoms with Crippen molar-refractivity contribution in [2.45, 2.75) is 24.6 Å². The number of fused-ring (bicyclic) bond motifs is 1. The van der Waals surface area contributed by atoms with Gasteiger partial charge in [0.15, 0.2) is 4.34 Å². The Hall–Kier alpha value is -3.23. The SMILES string of the molecule is Cc1ccc(C)c(NC(=O)CSc2nnc(NC(=O)Cc3cccc4ccccc34)s2)c1. The van der Waals surface area contributed by atoms with Crippen LogP contribution in [0.4, 0.5) is 10.8 Å². The van der Waals surface area contributed by atoms with E-state index in [1.54, 1.807) is 0 Å². The molecule has 8 heteroatoms. The Morgan fingerprint density at radius 2 is 1.75 bits per heavy atom. The van der Waals surface area contributed by atoms with Crippen LogP contribution >= 0.6 is 23.1 Å². The molecule has 0 radical (unpaired) electrons. The minimum atomic E-state index is -0.151. The van der Waals surface area contributed by atoms with E-state index in [1.165, 1.54) is 23.1 Å². The Labute approximate surface area is 194 Å². The normalized spacial score (nSPS) is 10.8. The zero-order valence-corrected chi connectivity index (χ0v) is 19.3. The van der Waals surface area contributed by atoms with Crippen LogP contribution in [0.15, 0.2) is 65.0 Å². The lowest BCUT2D eigenvalue weighted by Gasteiger charge is -2.08. The molecule has 6 nitrogen and oxygen atoms in total. The fourth-order valence-electron chi connectivity index (χ4n) is 3.29. The predicted octanol–water partition coefficient (Wildman–Crippen LogP) is 5.22. The summed E-state index contributed by atoms with van der Waals surface area (Å²) in [5.41, 5.74) is 3.88. The molecule has 0 unspecified atom stereocenters. The molecule has 3 aromatic carbocycles. The molecule has 0 fully saturated rings. The van der Waals surface area contributed by atoms with Crippen LogP contribution < -0.4 is 10.6 Å². The lowest BCUT2D eigenvalue weighted by atomic mass is 10.0. The van der Waals surface area contributed by atoms with Gasteiger partial charge >= 0.3 is 0 Å². The van der Waals surface area contributed by atoms with Gasteiger partial charge in [-0.3, -0.25) is 9.59 Å². The highest BCUT2D eigenvalue weighted by molar-refractivity contribution is 8.01. The largest absolute Gasteiger partial charge is 0.325 e. The smallest absolute Gasteiger partial charge is 0.234 e. The first-order chi connectivity index (χ1) is 15.5. The van der Waals surface area contributed by atoms with E-state index in [0.29, 0.717) is 9.47 Å². The van der Waals surface area contributed by atoms with Gasteiger partial charge in [-0.15, -0.1) is 10.2 Å². The van der Waals surface area contributed by atoms with Gasteiger partial charge in [0.25, 0.3) is 0 Å². The molecule has 4 rings (SSSR count). The van der Waals surface area contributed by atoms with Crippen molar-refractivity contribution in [3.05, 3.63) is 77.4 Å². The fourth-order valence-corrected chi connectivity index (χ4v) is 4.85. The number of rotatable bonds is 7. The Morgan fingerprint density at radius 3 is 2.62 bits per heavy atom. The topological polar surface area (TPSA) is 84.0 Å². The lowest BCUT2D eigenvalue weighted by Crippen LogP contribution is -2.14. The van der Waals surface area contributed by atoms with Gasteiger partial charge in [0.2, 0.25) is 16.9 Å². The van der Waals surface area contributed by atoms with E-state index in [4.69, 9.17) is 0 Å². The maximum Gasteiger partial charge on any atom is 0.234 e. The molecule has 162 valence electrons. The molecule has 0 spiro atoms. The van der Waals surface area contributed by atoms with Crippen molar-refractivity contribution in [1.82, 2.24) is 10.2 Å². The zero-order valence-electron chi connectivity index (χ0n) is 17.7.